The first kappa shape index (κ1) is 14.7. The minimum absolute atomic E-state index is 0.247. The van der Waals surface area contributed by atoms with Gasteiger partial charge in [0.15, 0.2) is 0 Å². The van der Waals surface area contributed by atoms with E-state index in [1.165, 1.54) is 49.0 Å². The number of alkyl halides is 2. The molecule has 1 aliphatic rings. The molecule has 0 heterocycles. The predicted molar refractivity (Wildman–Crippen MR) is 112 cm³/mol. The molecule has 4 aromatic carbocycles. The van der Waals surface area contributed by atoms with Crippen LogP contribution in [0.4, 0.5) is 0 Å². The van der Waals surface area contributed by atoms with Crippen LogP contribution >= 0.6 is 31.9 Å². The van der Waals surface area contributed by atoms with Gasteiger partial charge in [0.1, 0.15) is 0 Å². The molecule has 1 aliphatic carbocycles. The fourth-order valence-corrected chi connectivity index (χ4v) is 4.41. The van der Waals surface area contributed by atoms with Gasteiger partial charge in [-0.2, -0.15) is 0 Å². The normalized spacial score (nSPS) is 13.9. The van der Waals surface area contributed by atoms with Crippen molar-refractivity contribution in [2.45, 2.75) is 10.2 Å². The van der Waals surface area contributed by atoms with Crippen LogP contribution in [0.1, 0.15) is 11.1 Å². The van der Waals surface area contributed by atoms with Crippen LogP contribution in [-0.4, -0.2) is 3.74 Å². The van der Waals surface area contributed by atoms with Gasteiger partial charge in [-0.1, -0.05) is 86.5 Å². The molecule has 24 heavy (non-hydrogen) atoms. The fourth-order valence-electron chi connectivity index (χ4n) is 3.82. The number of hydrogen-bond donors (Lipinski definition) is 0. The molecule has 0 bridgehead atoms. The second-order valence-electron chi connectivity index (χ2n) is 6.42. The van der Waals surface area contributed by atoms with Gasteiger partial charge in [-0.3, -0.25) is 0 Å². The Hall–Kier alpha value is -1.64. The highest BCUT2D eigenvalue weighted by Gasteiger charge is 2.19. The molecule has 0 radical (unpaired) electrons. The van der Waals surface area contributed by atoms with Crippen LogP contribution in [0.3, 0.4) is 0 Å². The third kappa shape index (κ3) is 2.17. The maximum Gasteiger partial charge on any atom is 0.0913 e. The van der Waals surface area contributed by atoms with Gasteiger partial charge < -0.3 is 0 Å². The van der Waals surface area contributed by atoms with E-state index in [2.05, 4.69) is 98.6 Å². The second-order valence-corrected chi connectivity index (χ2v) is 9.48. The molecule has 0 spiro atoms. The van der Waals surface area contributed by atoms with Crippen molar-refractivity contribution in [1.82, 2.24) is 0 Å². The summed E-state index contributed by atoms with van der Waals surface area (Å²) in [6, 6.07) is 22.3. The highest BCUT2D eigenvalue weighted by molar-refractivity contribution is 9.24. The number of allylic oxidation sites excluding steroid dienone is 1. The minimum Gasteiger partial charge on any atom is -0.0715 e. The first-order chi connectivity index (χ1) is 11.7. The van der Waals surface area contributed by atoms with Gasteiger partial charge in [-0.05, 0) is 67.6 Å². The lowest BCUT2D eigenvalue weighted by Crippen LogP contribution is -1.91. The van der Waals surface area contributed by atoms with Crippen LogP contribution in [0.2, 0.25) is 0 Å². The molecule has 0 atom stereocenters. The number of rotatable bonds is 1. The smallest absolute Gasteiger partial charge is 0.0715 e. The largest absolute Gasteiger partial charge is 0.0913 e. The number of benzene rings is 4. The summed E-state index contributed by atoms with van der Waals surface area (Å²) in [4.78, 5) is 0. The van der Waals surface area contributed by atoms with Crippen molar-refractivity contribution < 1.29 is 0 Å². The molecule has 0 aliphatic heterocycles. The number of halogens is 2. The van der Waals surface area contributed by atoms with Crippen LogP contribution in [0, 0.1) is 0 Å². The average molecular weight is 438 g/mol. The molecular formula is C22H14Br2. The molecule has 0 unspecified atom stereocenters. The fraction of sp³-hybridized carbons (Fsp3) is 0.0909. The van der Waals surface area contributed by atoms with E-state index >= 15 is 0 Å². The Morgan fingerprint density at radius 2 is 1.46 bits per heavy atom. The lowest BCUT2D eigenvalue weighted by Gasteiger charge is -2.09. The Labute approximate surface area is 157 Å². The van der Waals surface area contributed by atoms with Crippen molar-refractivity contribution in [3.8, 4) is 0 Å². The van der Waals surface area contributed by atoms with Gasteiger partial charge in [0.2, 0.25) is 0 Å². The van der Waals surface area contributed by atoms with E-state index in [4.69, 9.17) is 0 Å². The van der Waals surface area contributed by atoms with Crippen molar-refractivity contribution in [3.05, 3.63) is 77.4 Å². The molecule has 0 saturated heterocycles. The quantitative estimate of drug-likeness (QED) is 0.168. The van der Waals surface area contributed by atoms with Gasteiger partial charge in [-0.25, -0.2) is 0 Å². The predicted octanol–water partition coefficient (Wildman–Crippen LogP) is 7.20. The summed E-state index contributed by atoms with van der Waals surface area (Å²) < 4.78 is 0.247. The Morgan fingerprint density at radius 1 is 0.708 bits per heavy atom. The molecule has 4 aromatic rings. The third-order valence-electron chi connectivity index (χ3n) is 5.02. The third-order valence-corrected chi connectivity index (χ3v) is 6.20. The molecule has 0 fully saturated rings. The zero-order chi connectivity index (χ0) is 16.3. The van der Waals surface area contributed by atoms with Crippen LogP contribution in [0.25, 0.3) is 38.4 Å². The Kier molecular flexibility index (Phi) is 3.33. The van der Waals surface area contributed by atoms with Gasteiger partial charge in [-0.15, -0.1) is 0 Å². The summed E-state index contributed by atoms with van der Waals surface area (Å²) in [7, 11) is 0. The second kappa shape index (κ2) is 5.44. The first-order valence-electron chi connectivity index (χ1n) is 8.06. The maximum atomic E-state index is 3.64. The van der Waals surface area contributed by atoms with E-state index in [0.717, 1.165) is 6.42 Å². The molecule has 0 amide bonds. The van der Waals surface area contributed by atoms with Crippen molar-refractivity contribution in [3.63, 3.8) is 0 Å². The van der Waals surface area contributed by atoms with E-state index in [1.807, 2.05) is 0 Å². The average Bonchev–Trinajstić information content (AvgIpc) is 3.04. The minimum atomic E-state index is 0.247. The lowest BCUT2D eigenvalue weighted by molar-refractivity contribution is 1.20. The zero-order valence-corrected chi connectivity index (χ0v) is 16.1. The van der Waals surface area contributed by atoms with E-state index in [-0.39, 0.29) is 3.74 Å². The molecule has 5 rings (SSSR count). The summed E-state index contributed by atoms with van der Waals surface area (Å²) >= 11 is 7.28. The van der Waals surface area contributed by atoms with Crippen LogP contribution in [0.15, 0.2) is 66.2 Å². The highest BCUT2D eigenvalue weighted by Crippen LogP contribution is 2.38. The standard InChI is InChI=1S/C22H14Br2/c23-22(24)17-10-16-6-8-18-19(21(16)12-17)7-5-15-9-13-3-1-2-4-14(13)11-20(15)18/h1-9,11-12,22H,10H2. The van der Waals surface area contributed by atoms with Gasteiger partial charge in [0, 0.05) is 0 Å². The van der Waals surface area contributed by atoms with Crippen LogP contribution < -0.4 is 0 Å². The first-order valence-corrected chi connectivity index (χ1v) is 9.89. The monoisotopic (exact) mass is 436 g/mol. The van der Waals surface area contributed by atoms with Crippen molar-refractivity contribution >= 4 is 70.3 Å². The Balaban J connectivity index is 1.86. The molecule has 2 heteroatoms. The van der Waals surface area contributed by atoms with Gasteiger partial charge in [0.25, 0.3) is 0 Å². The maximum absolute atomic E-state index is 3.64. The number of hydrogen-bond acceptors (Lipinski definition) is 0. The SMILES string of the molecule is BrC(Br)C1=Cc2c(ccc3c2ccc2cc4ccccc4cc23)C1. The molecule has 0 saturated carbocycles. The van der Waals surface area contributed by atoms with Crippen molar-refractivity contribution in [2.75, 3.05) is 0 Å². The van der Waals surface area contributed by atoms with Crippen molar-refractivity contribution in [1.29, 1.82) is 0 Å². The molecule has 0 aromatic heterocycles. The van der Waals surface area contributed by atoms with Crippen molar-refractivity contribution in [2.24, 2.45) is 0 Å². The van der Waals surface area contributed by atoms with Gasteiger partial charge >= 0.3 is 0 Å². The highest BCUT2D eigenvalue weighted by atomic mass is 79.9. The molecule has 116 valence electrons. The molecular weight excluding hydrogens is 424 g/mol. The Morgan fingerprint density at radius 3 is 2.25 bits per heavy atom. The zero-order valence-electron chi connectivity index (χ0n) is 12.9. The summed E-state index contributed by atoms with van der Waals surface area (Å²) in [6.07, 6.45) is 3.35. The number of fused-ring (bicyclic) bond motifs is 6. The van der Waals surface area contributed by atoms with E-state index in [0.29, 0.717) is 0 Å². The summed E-state index contributed by atoms with van der Waals surface area (Å²) in [5, 5.41) is 7.94. The molecule has 0 nitrogen and oxygen atoms in total. The molecule has 0 N–H and O–H groups in total. The van der Waals surface area contributed by atoms with E-state index < -0.39 is 0 Å². The topological polar surface area (TPSA) is 0 Å². The lowest BCUT2D eigenvalue weighted by atomic mass is 9.94. The Bertz CT molecular complexity index is 1150. The summed E-state index contributed by atoms with van der Waals surface area (Å²) in [6.45, 7) is 0. The van der Waals surface area contributed by atoms with E-state index in [9.17, 15) is 0 Å². The summed E-state index contributed by atoms with van der Waals surface area (Å²) in [5.74, 6) is 0. The van der Waals surface area contributed by atoms with Crippen LogP contribution in [-0.2, 0) is 6.42 Å². The van der Waals surface area contributed by atoms with Gasteiger partial charge in [0.05, 0.1) is 3.74 Å². The van der Waals surface area contributed by atoms with E-state index in [1.54, 1.807) is 0 Å². The van der Waals surface area contributed by atoms with Crippen LogP contribution in [0.5, 0.6) is 0 Å². The summed E-state index contributed by atoms with van der Waals surface area (Å²) in [5.41, 5.74) is 4.18.